The maximum absolute atomic E-state index is 12.8. The number of likely N-dealkylation sites (tertiary alicyclic amines) is 1. The number of morpholine rings is 1. The second-order valence-electron chi connectivity index (χ2n) is 7.06. The lowest BCUT2D eigenvalue weighted by Crippen LogP contribution is -2.51. The van der Waals surface area contributed by atoms with E-state index in [0.717, 1.165) is 57.9 Å². The zero-order chi connectivity index (χ0) is 17.1. The monoisotopic (exact) mass is 345 g/mol. The Morgan fingerprint density at radius 3 is 2.72 bits per heavy atom. The van der Waals surface area contributed by atoms with Crippen molar-refractivity contribution in [2.75, 3.05) is 39.5 Å². The Labute approximate surface area is 149 Å². The van der Waals surface area contributed by atoms with Gasteiger partial charge >= 0.3 is 6.03 Å². The molecule has 1 aromatic carbocycles. The number of ether oxygens (including phenoxy) is 2. The lowest BCUT2D eigenvalue weighted by atomic mass is 10.00. The number of carbonyl (C=O) groups excluding carboxylic acids is 1. The fraction of sp³-hybridized carbons (Fsp3) is 0.632. The molecule has 3 atom stereocenters. The molecular formula is C19H27N3O3. The molecule has 136 valence electrons. The third kappa shape index (κ3) is 3.66. The minimum Gasteiger partial charge on any atom is -0.379 e. The lowest BCUT2D eigenvalue weighted by Gasteiger charge is -2.37. The predicted molar refractivity (Wildman–Crippen MR) is 94.3 cm³/mol. The first-order chi connectivity index (χ1) is 12.3. The summed E-state index contributed by atoms with van der Waals surface area (Å²) in [4.78, 5) is 17.3. The van der Waals surface area contributed by atoms with E-state index >= 15 is 0 Å². The Balaban J connectivity index is 1.42. The van der Waals surface area contributed by atoms with Gasteiger partial charge in [-0.1, -0.05) is 30.3 Å². The molecule has 3 aliphatic heterocycles. The van der Waals surface area contributed by atoms with Crippen molar-refractivity contribution in [3.63, 3.8) is 0 Å². The summed E-state index contributed by atoms with van der Waals surface area (Å²) in [6.07, 6.45) is 2.19. The molecule has 3 fully saturated rings. The van der Waals surface area contributed by atoms with Gasteiger partial charge in [0.2, 0.25) is 0 Å². The minimum absolute atomic E-state index is 0.0279. The van der Waals surface area contributed by atoms with Gasteiger partial charge < -0.3 is 19.7 Å². The van der Waals surface area contributed by atoms with E-state index in [1.165, 1.54) is 0 Å². The smallest absolute Gasteiger partial charge is 0.318 e. The number of fused-ring (bicyclic) bond motifs is 1. The maximum atomic E-state index is 12.8. The van der Waals surface area contributed by atoms with E-state index in [0.29, 0.717) is 6.54 Å². The summed E-state index contributed by atoms with van der Waals surface area (Å²) >= 11 is 0. The molecule has 3 heterocycles. The minimum atomic E-state index is 0.0279. The van der Waals surface area contributed by atoms with Gasteiger partial charge in [-0.2, -0.15) is 0 Å². The first-order valence-electron chi connectivity index (χ1n) is 9.35. The summed E-state index contributed by atoms with van der Waals surface area (Å²) in [5, 5.41) is 3.09. The fourth-order valence-electron chi connectivity index (χ4n) is 4.27. The van der Waals surface area contributed by atoms with Crippen molar-refractivity contribution >= 4 is 6.03 Å². The molecule has 0 saturated carbocycles. The number of hydrogen-bond donors (Lipinski definition) is 1. The highest BCUT2D eigenvalue weighted by Crippen LogP contribution is 2.32. The lowest BCUT2D eigenvalue weighted by molar-refractivity contribution is -0.0574. The quantitative estimate of drug-likeness (QED) is 0.901. The number of hydrogen-bond acceptors (Lipinski definition) is 4. The van der Waals surface area contributed by atoms with Crippen LogP contribution >= 0.6 is 0 Å². The Kier molecular flexibility index (Phi) is 5.20. The van der Waals surface area contributed by atoms with E-state index in [2.05, 4.69) is 10.2 Å². The van der Waals surface area contributed by atoms with Crippen molar-refractivity contribution < 1.29 is 14.3 Å². The second-order valence-corrected chi connectivity index (χ2v) is 7.06. The van der Waals surface area contributed by atoms with Gasteiger partial charge in [0.05, 0.1) is 31.4 Å². The van der Waals surface area contributed by atoms with Crippen LogP contribution in [0.2, 0.25) is 0 Å². The van der Waals surface area contributed by atoms with E-state index in [1.807, 2.05) is 35.2 Å². The number of benzene rings is 1. The third-order valence-corrected chi connectivity index (χ3v) is 5.56. The van der Waals surface area contributed by atoms with Crippen molar-refractivity contribution in [3.05, 3.63) is 35.9 Å². The fourth-order valence-corrected chi connectivity index (χ4v) is 4.27. The molecule has 6 heteroatoms. The highest BCUT2D eigenvalue weighted by Gasteiger charge is 2.48. The summed E-state index contributed by atoms with van der Waals surface area (Å²) in [5.74, 6) is 0. The second kappa shape index (κ2) is 7.72. The zero-order valence-corrected chi connectivity index (χ0v) is 14.6. The zero-order valence-electron chi connectivity index (χ0n) is 14.6. The average Bonchev–Trinajstić information content (AvgIpc) is 3.07. The van der Waals surface area contributed by atoms with Crippen molar-refractivity contribution in [1.82, 2.24) is 15.1 Å². The SMILES string of the molecule is O=C(NCc1ccccc1)N1C[C@H](N2CCOCC2)[C@@H]2OCCC[C@@H]21. The normalized spacial score (nSPS) is 30.1. The highest BCUT2D eigenvalue weighted by atomic mass is 16.5. The molecule has 4 rings (SSSR count). The standard InChI is InChI=1S/C19H27N3O3/c23-19(20-13-15-5-2-1-3-6-15)22-14-17(21-8-11-24-12-9-21)18-16(22)7-4-10-25-18/h1-3,5-6,16-18H,4,7-14H2,(H,20,23)/t16-,17-,18+/m0/s1. The molecule has 0 bridgehead atoms. The Morgan fingerprint density at radius 2 is 1.92 bits per heavy atom. The van der Waals surface area contributed by atoms with Crippen molar-refractivity contribution in [1.29, 1.82) is 0 Å². The van der Waals surface area contributed by atoms with Gasteiger partial charge in [0, 0.05) is 32.8 Å². The van der Waals surface area contributed by atoms with E-state index in [-0.39, 0.29) is 24.2 Å². The van der Waals surface area contributed by atoms with Crippen LogP contribution in [0, 0.1) is 0 Å². The average molecular weight is 345 g/mol. The molecule has 0 aliphatic carbocycles. The number of carbonyl (C=O) groups is 1. The number of nitrogens with one attached hydrogen (secondary N) is 1. The van der Waals surface area contributed by atoms with Crippen LogP contribution in [0.25, 0.3) is 0 Å². The van der Waals surface area contributed by atoms with E-state index < -0.39 is 0 Å². The molecule has 1 N–H and O–H groups in total. The maximum Gasteiger partial charge on any atom is 0.318 e. The Morgan fingerprint density at radius 1 is 1.12 bits per heavy atom. The van der Waals surface area contributed by atoms with Crippen LogP contribution in [0.5, 0.6) is 0 Å². The summed E-state index contributed by atoms with van der Waals surface area (Å²) in [5.41, 5.74) is 1.12. The predicted octanol–water partition coefficient (Wildman–Crippen LogP) is 1.46. The molecule has 0 unspecified atom stereocenters. The third-order valence-electron chi connectivity index (χ3n) is 5.56. The van der Waals surface area contributed by atoms with Gasteiger partial charge in [-0.15, -0.1) is 0 Å². The van der Waals surface area contributed by atoms with Crippen LogP contribution in [-0.2, 0) is 16.0 Å². The van der Waals surface area contributed by atoms with Gasteiger partial charge in [-0.25, -0.2) is 4.79 Å². The van der Waals surface area contributed by atoms with Gasteiger partial charge in [0.1, 0.15) is 0 Å². The summed E-state index contributed by atoms with van der Waals surface area (Å²) in [6.45, 7) is 5.52. The molecular weight excluding hydrogens is 318 g/mol. The Hall–Kier alpha value is -1.63. The van der Waals surface area contributed by atoms with Gasteiger partial charge in [-0.05, 0) is 18.4 Å². The van der Waals surface area contributed by atoms with Crippen molar-refractivity contribution in [2.24, 2.45) is 0 Å². The van der Waals surface area contributed by atoms with E-state index in [4.69, 9.17) is 9.47 Å². The first-order valence-corrected chi connectivity index (χ1v) is 9.35. The highest BCUT2D eigenvalue weighted by molar-refractivity contribution is 5.75. The van der Waals surface area contributed by atoms with Crippen molar-refractivity contribution in [3.8, 4) is 0 Å². The van der Waals surface area contributed by atoms with E-state index in [9.17, 15) is 4.79 Å². The van der Waals surface area contributed by atoms with Gasteiger partial charge in [-0.3, -0.25) is 4.90 Å². The molecule has 1 aromatic rings. The number of amides is 2. The van der Waals surface area contributed by atoms with Crippen LogP contribution in [0.15, 0.2) is 30.3 Å². The number of urea groups is 1. The largest absolute Gasteiger partial charge is 0.379 e. The van der Waals surface area contributed by atoms with Gasteiger partial charge in [0.15, 0.2) is 0 Å². The van der Waals surface area contributed by atoms with Crippen LogP contribution < -0.4 is 5.32 Å². The van der Waals surface area contributed by atoms with Crippen molar-refractivity contribution in [2.45, 2.75) is 37.6 Å². The summed E-state index contributed by atoms with van der Waals surface area (Å²) in [6, 6.07) is 10.6. The summed E-state index contributed by atoms with van der Waals surface area (Å²) in [7, 11) is 0. The van der Waals surface area contributed by atoms with E-state index in [1.54, 1.807) is 0 Å². The molecule has 3 saturated heterocycles. The van der Waals surface area contributed by atoms with Gasteiger partial charge in [0.25, 0.3) is 0 Å². The molecule has 3 aliphatic rings. The topological polar surface area (TPSA) is 54.0 Å². The Bertz CT molecular complexity index is 577. The molecule has 25 heavy (non-hydrogen) atoms. The first kappa shape index (κ1) is 16.8. The van der Waals surface area contributed by atoms with Crippen LogP contribution in [0.1, 0.15) is 18.4 Å². The van der Waals surface area contributed by atoms with Crippen LogP contribution in [0.3, 0.4) is 0 Å². The number of rotatable bonds is 3. The molecule has 0 aromatic heterocycles. The molecule has 0 radical (unpaired) electrons. The number of nitrogens with zero attached hydrogens (tertiary/aromatic N) is 2. The molecule has 6 nitrogen and oxygen atoms in total. The van der Waals surface area contributed by atoms with Crippen LogP contribution in [-0.4, -0.2) is 73.5 Å². The summed E-state index contributed by atoms with van der Waals surface area (Å²) < 4.78 is 11.6. The molecule has 2 amide bonds. The molecule has 0 spiro atoms. The van der Waals surface area contributed by atoms with Crippen LogP contribution in [0.4, 0.5) is 4.79 Å².